The Morgan fingerprint density at radius 1 is 1.18 bits per heavy atom. The summed E-state index contributed by atoms with van der Waals surface area (Å²) in [7, 11) is 0. The van der Waals surface area contributed by atoms with E-state index in [0.29, 0.717) is 32.8 Å². The van der Waals surface area contributed by atoms with Gasteiger partial charge in [0, 0.05) is 30.2 Å². The Labute approximate surface area is 194 Å². The number of anilines is 2. The zero-order chi connectivity index (χ0) is 24.2. The van der Waals surface area contributed by atoms with Crippen molar-refractivity contribution in [3.63, 3.8) is 0 Å². The van der Waals surface area contributed by atoms with Gasteiger partial charge in [-0.15, -0.1) is 0 Å². The highest BCUT2D eigenvalue weighted by atomic mass is 16.6. The molecule has 0 spiro atoms. The Morgan fingerprint density at radius 2 is 1.94 bits per heavy atom. The van der Waals surface area contributed by atoms with Crippen molar-refractivity contribution in [3.05, 3.63) is 37.1 Å². The van der Waals surface area contributed by atoms with E-state index in [4.69, 9.17) is 10.5 Å². The number of hydrogen-bond acceptors (Lipinski definition) is 7. The van der Waals surface area contributed by atoms with Crippen LogP contribution in [0.25, 0.3) is 27.9 Å². The van der Waals surface area contributed by atoms with Crippen molar-refractivity contribution < 1.29 is 19.4 Å². The molecule has 0 atom stereocenters. The third-order valence-electron chi connectivity index (χ3n) is 5.89. The first-order valence-corrected chi connectivity index (χ1v) is 11.0. The van der Waals surface area contributed by atoms with Gasteiger partial charge in [-0.2, -0.15) is 4.90 Å². The van der Waals surface area contributed by atoms with Crippen LogP contribution in [0.5, 0.6) is 0 Å². The molecule has 4 heterocycles. The molecule has 1 aliphatic rings. The summed E-state index contributed by atoms with van der Waals surface area (Å²) < 4.78 is 9.24. The number of ether oxygens (including phenoxy) is 1. The van der Waals surface area contributed by atoms with Gasteiger partial charge in [0.25, 0.3) is 0 Å². The lowest BCUT2D eigenvalue weighted by molar-refractivity contribution is 0.0581. The third-order valence-corrected chi connectivity index (χ3v) is 5.89. The smallest absolute Gasteiger partial charge is 0.425 e. The quantitative estimate of drug-likeness (QED) is 0.453. The van der Waals surface area contributed by atoms with Crippen molar-refractivity contribution in [1.82, 2.24) is 23.9 Å². The predicted octanol–water partition coefficient (Wildman–Crippen LogP) is 4.47. The second-order valence-electron chi connectivity index (χ2n) is 9.32. The molecule has 0 radical (unpaired) electrons. The molecule has 4 aromatic rings. The first-order chi connectivity index (χ1) is 16.2. The topological polar surface area (TPSA) is 141 Å². The largest absolute Gasteiger partial charge is 0.464 e. The third kappa shape index (κ3) is 3.49. The van der Waals surface area contributed by atoms with E-state index >= 15 is 0 Å². The van der Waals surface area contributed by atoms with Gasteiger partial charge in [0.1, 0.15) is 17.6 Å². The van der Waals surface area contributed by atoms with Crippen LogP contribution in [0.3, 0.4) is 0 Å². The van der Waals surface area contributed by atoms with Crippen LogP contribution in [0.1, 0.15) is 46.1 Å². The van der Waals surface area contributed by atoms with Gasteiger partial charge in [0.05, 0.1) is 16.8 Å². The van der Waals surface area contributed by atoms with Gasteiger partial charge in [-0.25, -0.2) is 24.5 Å². The molecule has 5 rings (SSSR count). The van der Waals surface area contributed by atoms with Gasteiger partial charge in [-0.3, -0.25) is 4.40 Å². The number of nitrogens with two attached hydrogens (primary N) is 1. The summed E-state index contributed by atoms with van der Waals surface area (Å²) in [5, 5.41) is 10.4. The Bertz CT molecular complexity index is 1430. The fraction of sp³-hybridized carbons (Fsp3) is 0.348. The minimum Gasteiger partial charge on any atom is -0.464 e. The second-order valence-corrected chi connectivity index (χ2v) is 9.32. The molecule has 0 unspecified atom stereocenters. The van der Waals surface area contributed by atoms with E-state index in [1.807, 2.05) is 21.2 Å². The zero-order valence-electron chi connectivity index (χ0n) is 19.1. The van der Waals surface area contributed by atoms with Crippen LogP contribution in [0.2, 0.25) is 0 Å². The predicted molar refractivity (Wildman–Crippen MR) is 126 cm³/mol. The SMILES string of the molecule is CC(C)(C)OC(=O)N(C(=O)O)c1ncnc2c1c(-c1ccc(N)c3nccn13)cn2C1CCC1. The number of aromatic nitrogens is 5. The van der Waals surface area contributed by atoms with E-state index in [-0.39, 0.29) is 11.9 Å². The monoisotopic (exact) mass is 463 g/mol. The highest BCUT2D eigenvalue weighted by Crippen LogP contribution is 2.41. The highest BCUT2D eigenvalue weighted by molar-refractivity contribution is 6.15. The maximum atomic E-state index is 12.9. The summed E-state index contributed by atoms with van der Waals surface area (Å²) in [6, 6.07) is 3.81. The number of pyridine rings is 1. The molecule has 4 aromatic heterocycles. The molecule has 11 heteroatoms. The Kier molecular flexibility index (Phi) is 4.92. The van der Waals surface area contributed by atoms with Crippen LogP contribution < -0.4 is 10.6 Å². The lowest BCUT2D eigenvalue weighted by Crippen LogP contribution is -2.40. The molecule has 34 heavy (non-hydrogen) atoms. The van der Waals surface area contributed by atoms with Gasteiger partial charge < -0.3 is 20.1 Å². The van der Waals surface area contributed by atoms with Gasteiger partial charge >= 0.3 is 12.2 Å². The van der Waals surface area contributed by atoms with Crippen LogP contribution in [0.4, 0.5) is 21.1 Å². The van der Waals surface area contributed by atoms with Crippen molar-refractivity contribution in [2.45, 2.75) is 51.7 Å². The Hall–Kier alpha value is -4.15. The van der Waals surface area contributed by atoms with Crippen molar-refractivity contribution in [2.24, 2.45) is 0 Å². The van der Waals surface area contributed by atoms with E-state index in [1.165, 1.54) is 6.33 Å². The van der Waals surface area contributed by atoms with Gasteiger partial charge in [-0.05, 0) is 52.2 Å². The number of rotatable bonds is 3. The fourth-order valence-corrected chi connectivity index (χ4v) is 4.19. The number of imide groups is 1. The number of imidazole rings is 1. The molecule has 11 nitrogen and oxygen atoms in total. The van der Waals surface area contributed by atoms with Gasteiger partial charge in [0.15, 0.2) is 11.5 Å². The standard InChI is InChI=1S/C23H25N7O4/c1-23(2,3)34-22(33)30(21(31)32)20-17-14(16-8-7-15(24)18-25-9-10-28(16)18)11-29(13-5-4-6-13)19(17)26-12-27-20/h7-13H,4-6,24H2,1-3H3,(H,31,32). The zero-order valence-corrected chi connectivity index (χ0v) is 19.1. The number of fused-ring (bicyclic) bond motifs is 2. The van der Waals surface area contributed by atoms with E-state index in [2.05, 4.69) is 15.0 Å². The summed E-state index contributed by atoms with van der Waals surface area (Å²) in [4.78, 5) is 38.8. The molecule has 0 aromatic carbocycles. The number of carbonyl (C=O) groups excluding carboxylic acids is 1. The summed E-state index contributed by atoms with van der Waals surface area (Å²) in [6.07, 6.45) is 7.17. The van der Waals surface area contributed by atoms with Gasteiger partial charge in [0.2, 0.25) is 0 Å². The van der Waals surface area contributed by atoms with E-state index in [9.17, 15) is 14.7 Å². The second kappa shape index (κ2) is 7.72. The van der Waals surface area contributed by atoms with Crippen LogP contribution >= 0.6 is 0 Å². The summed E-state index contributed by atoms with van der Waals surface area (Å²) in [5.74, 6) is -0.0649. The van der Waals surface area contributed by atoms with Crippen molar-refractivity contribution in [1.29, 1.82) is 0 Å². The number of carbonyl (C=O) groups is 2. The average Bonchev–Trinajstić information content (AvgIpc) is 3.33. The number of amides is 2. The lowest BCUT2D eigenvalue weighted by atomic mass is 9.93. The molecule has 0 saturated heterocycles. The molecule has 0 aliphatic heterocycles. The molecule has 1 saturated carbocycles. The summed E-state index contributed by atoms with van der Waals surface area (Å²) in [6.45, 7) is 5.01. The highest BCUT2D eigenvalue weighted by Gasteiger charge is 2.34. The average molecular weight is 463 g/mol. The maximum Gasteiger partial charge on any atom is 0.425 e. The minimum atomic E-state index is -1.50. The Balaban J connectivity index is 1.79. The van der Waals surface area contributed by atoms with Crippen LogP contribution in [0, 0.1) is 0 Å². The van der Waals surface area contributed by atoms with Crippen molar-refractivity contribution in [2.75, 3.05) is 10.6 Å². The van der Waals surface area contributed by atoms with Crippen molar-refractivity contribution >= 4 is 40.4 Å². The first-order valence-electron chi connectivity index (χ1n) is 11.0. The van der Waals surface area contributed by atoms with E-state index < -0.39 is 17.8 Å². The molecule has 1 fully saturated rings. The number of nitrogen functional groups attached to an aromatic ring is 1. The number of carboxylic acid groups (broad SMARTS) is 1. The number of hydrogen-bond donors (Lipinski definition) is 2. The molecular formula is C23H25N7O4. The fourth-order valence-electron chi connectivity index (χ4n) is 4.19. The summed E-state index contributed by atoms with van der Waals surface area (Å²) in [5.41, 5.74) is 8.22. The molecule has 0 bridgehead atoms. The lowest BCUT2D eigenvalue weighted by Gasteiger charge is -2.27. The Morgan fingerprint density at radius 3 is 2.59 bits per heavy atom. The van der Waals surface area contributed by atoms with E-state index in [0.717, 1.165) is 25.0 Å². The molecule has 2 amide bonds. The van der Waals surface area contributed by atoms with Crippen molar-refractivity contribution in [3.8, 4) is 11.3 Å². The molecule has 1 aliphatic carbocycles. The van der Waals surface area contributed by atoms with Crippen LogP contribution in [0.15, 0.2) is 37.1 Å². The first kappa shape index (κ1) is 21.7. The molecule has 3 N–H and O–H groups in total. The normalized spacial score (nSPS) is 14.3. The van der Waals surface area contributed by atoms with E-state index in [1.54, 1.807) is 39.2 Å². The molecular weight excluding hydrogens is 438 g/mol. The molecule has 176 valence electrons. The van der Waals surface area contributed by atoms with Crippen LogP contribution in [-0.4, -0.2) is 46.8 Å². The minimum absolute atomic E-state index is 0.0649. The summed E-state index contributed by atoms with van der Waals surface area (Å²) >= 11 is 0. The van der Waals surface area contributed by atoms with Crippen LogP contribution in [-0.2, 0) is 4.74 Å². The van der Waals surface area contributed by atoms with Gasteiger partial charge in [-0.1, -0.05) is 0 Å². The number of nitrogens with zero attached hydrogens (tertiary/aromatic N) is 6. The maximum absolute atomic E-state index is 12.9.